The van der Waals surface area contributed by atoms with Gasteiger partial charge in [0.05, 0.1) is 12.1 Å². The summed E-state index contributed by atoms with van der Waals surface area (Å²) >= 11 is 0. The molecule has 0 aromatic carbocycles. The van der Waals surface area contributed by atoms with E-state index in [0.717, 1.165) is 24.2 Å². The molecule has 3 rings (SSSR count). The zero-order valence-electron chi connectivity index (χ0n) is 8.72. The molecule has 5 nitrogen and oxygen atoms in total. The van der Waals surface area contributed by atoms with Crippen molar-refractivity contribution in [3.8, 4) is 0 Å². The lowest BCUT2D eigenvalue weighted by atomic mass is 10.3. The molecule has 2 aromatic heterocycles. The number of fused-ring (bicyclic) bond motifs is 1. The van der Waals surface area contributed by atoms with Crippen molar-refractivity contribution in [3.05, 3.63) is 24.5 Å². The van der Waals surface area contributed by atoms with E-state index in [4.69, 9.17) is 0 Å². The molecular formula is C11H12N4O. The highest BCUT2D eigenvalue weighted by atomic mass is 16.3. The first-order valence-electron chi connectivity index (χ1n) is 5.28. The third-order valence-corrected chi connectivity index (χ3v) is 2.88. The summed E-state index contributed by atoms with van der Waals surface area (Å²) < 4.78 is 0. The van der Waals surface area contributed by atoms with Crippen LogP contribution in [-0.2, 0) is 0 Å². The Morgan fingerprint density at radius 3 is 2.81 bits per heavy atom. The summed E-state index contributed by atoms with van der Waals surface area (Å²) in [4.78, 5) is 12.6. The lowest BCUT2D eigenvalue weighted by Crippen LogP contribution is -2.26. The van der Waals surface area contributed by atoms with Crippen LogP contribution in [0.4, 0.5) is 5.82 Å². The van der Waals surface area contributed by atoms with Gasteiger partial charge >= 0.3 is 0 Å². The summed E-state index contributed by atoms with van der Waals surface area (Å²) in [6.45, 7) is 0.146. The standard InChI is InChI=1S/C11H12N4O/c16-7-11(3-4-11)15-9-2-1-8-10(14-9)13-6-5-12-8/h1-2,5-6,16H,3-4,7H2,(H,13,14,15). The normalized spacial score (nSPS) is 17.3. The Morgan fingerprint density at radius 1 is 1.25 bits per heavy atom. The lowest BCUT2D eigenvalue weighted by molar-refractivity contribution is 0.266. The molecule has 2 N–H and O–H groups in total. The minimum absolute atomic E-state index is 0.146. The van der Waals surface area contributed by atoms with Crippen LogP contribution in [0.25, 0.3) is 11.2 Å². The molecule has 2 heterocycles. The van der Waals surface area contributed by atoms with Crippen LogP contribution in [0.2, 0.25) is 0 Å². The van der Waals surface area contributed by atoms with Gasteiger partial charge in [0.25, 0.3) is 0 Å². The van der Waals surface area contributed by atoms with Crippen LogP contribution in [0.1, 0.15) is 12.8 Å². The summed E-state index contributed by atoms with van der Waals surface area (Å²) in [5.41, 5.74) is 1.26. The molecule has 5 heteroatoms. The quantitative estimate of drug-likeness (QED) is 0.799. The van der Waals surface area contributed by atoms with Gasteiger partial charge in [0.15, 0.2) is 5.65 Å². The summed E-state index contributed by atoms with van der Waals surface area (Å²) in [6, 6.07) is 3.75. The second-order valence-electron chi connectivity index (χ2n) is 4.16. The maximum atomic E-state index is 9.21. The molecule has 1 fully saturated rings. The molecule has 1 saturated carbocycles. The van der Waals surface area contributed by atoms with Crippen LogP contribution < -0.4 is 5.32 Å². The maximum absolute atomic E-state index is 9.21. The maximum Gasteiger partial charge on any atom is 0.180 e. The third kappa shape index (κ3) is 1.59. The molecule has 0 amide bonds. The molecule has 0 radical (unpaired) electrons. The van der Waals surface area contributed by atoms with Gasteiger partial charge in [-0.2, -0.15) is 0 Å². The molecule has 82 valence electrons. The summed E-state index contributed by atoms with van der Waals surface area (Å²) in [5.74, 6) is 0.750. The van der Waals surface area contributed by atoms with Crippen molar-refractivity contribution in [2.45, 2.75) is 18.4 Å². The number of aromatic nitrogens is 3. The Morgan fingerprint density at radius 2 is 2.06 bits per heavy atom. The average Bonchev–Trinajstić information content (AvgIpc) is 3.09. The van der Waals surface area contributed by atoms with Gasteiger partial charge < -0.3 is 10.4 Å². The molecule has 16 heavy (non-hydrogen) atoms. The van der Waals surface area contributed by atoms with Gasteiger partial charge in [-0.05, 0) is 25.0 Å². The lowest BCUT2D eigenvalue weighted by Gasteiger charge is -2.14. The average molecular weight is 216 g/mol. The van der Waals surface area contributed by atoms with Crippen molar-refractivity contribution in [1.82, 2.24) is 15.0 Å². The molecule has 0 bridgehead atoms. The van der Waals surface area contributed by atoms with E-state index in [1.54, 1.807) is 12.4 Å². The number of aliphatic hydroxyl groups is 1. The smallest absolute Gasteiger partial charge is 0.180 e. The number of hydrogen-bond acceptors (Lipinski definition) is 5. The van der Waals surface area contributed by atoms with Gasteiger partial charge in [0.2, 0.25) is 0 Å². The van der Waals surface area contributed by atoms with E-state index in [1.807, 2.05) is 12.1 Å². The number of aliphatic hydroxyl groups excluding tert-OH is 1. The number of hydrogen-bond donors (Lipinski definition) is 2. The predicted molar refractivity (Wildman–Crippen MR) is 60.0 cm³/mol. The van der Waals surface area contributed by atoms with E-state index in [1.165, 1.54) is 0 Å². The van der Waals surface area contributed by atoms with Crippen LogP contribution in [0.15, 0.2) is 24.5 Å². The second kappa shape index (κ2) is 3.38. The fourth-order valence-electron chi connectivity index (χ4n) is 1.67. The first-order chi connectivity index (χ1) is 7.81. The van der Waals surface area contributed by atoms with Crippen molar-refractivity contribution < 1.29 is 5.11 Å². The summed E-state index contributed by atoms with van der Waals surface area (Å²) in [5, 5.41) is 12.5. The fraction of sp³-hybridized carbons (Fsp3) is 0.364. The molecular weight excluding hydrogens is 204 g/mol. The molecule has 2 aromatic rings. The largest absolute Gasteiger partial charge is 0.394 e. The fourth-order valence-corrected chi connectivity index (χ4v) is 1.67. The van der Waals surface area contributed by atoms with Gasteiger partial charge in [-0.3, -0.25) is 4.98 Å². The number of anilines is 1. The summed E-state index contributed by atoms with van der Waals surface area (Å²) in [7, 11) is 0. The first-order valence-corrected chi connectivity index (χ1v) is 5.28. The highest BCUT2D eigenvalue weighted by Gasteiger charge is 2.42. The van der Waals surface area contributed by atoms with Crippen LogP contribution in [0, 0.1) is 0 Å². The Labute approximate surface area is 92.6 Å². The first kappa shape index (κ1) is 9.47. The van der Waals surface area contributed by atoms with Gasteiger partial charge in [0.1, 0.15) is 11.3 Å². The van der Waals surface area contributed by atoms with E-state index in [9.17, 15) is 5.11 Å². The molecule has 0 saturated heterocycles. The Kier molecular flexibility index (Phi) is 2.00. The van der Waals surface area contributed by atoms with E-state index in [-0.39, 0.29) is 12.1 Å². The molecule has 0 unspecified atom stereocenters. The second-order valence-corrected chi connectivity index (χ2v) is 4.16. The zero-order valence-corrected chi connectivity index (χ0v) is 8.72. The molecule has 0 aliphatic heterocycles. The van der Waals surface area contributed by atoms with Crippen molar-refractivity contribution in [3.63, 3.8) is 0 Å². The Balaban J connectivity index is 1.93. The van der Waals surface area contributed by atoms with Crippen LogP contribution in [0.3, 0.4) is 0 Å². The predicted octanol–water partition coefficient (Wildman–Crippen LogP) is 0.962. The Bertz CT molecular complexity index is 524. The third-order valence-electron chi connectivity index (χ3n) is 2.88. The monoisotopic (exact) mass is 216 g/mol. The van der Waals surface area contributed by atoms with Crippen molar-refractivity contribution >= 4 is 17.0 Å². The van der Waals surface area contributed by atoms with Gasteiger partial charge in [-0.1, -0.05) is 0 Å². The SMILES string of the molecule is OCC1(Nc2ccc3nccnc3n2)CC1. The number of nitrogens with zero attached hydrogens (tertiary/aromatic N) is 3. The van der Waals surface area contributed by atoms with E-state index in [2.05, 4.69) is 20.3 Å². The number of pyridine rings is 1. The van der Waals surface area contributed by atoms with Crippen molar-refractivity contribution in [1.29, 1.82) is 0 Å². The van der Waals surface area contributed by atoms with Crippen molar-refractivity contribution in [2.75, 3.05) is 11.9 Å². The van der Waals surface area contributed by atoms with Crippen molar-refractivity contribution in [2.24, 2.45) is 0 Å². The minimum atomic E-state index is -0.150. The summed E-state index contributed by atoms with van der Waals surface area (Å²) in [6.07, 6.45) is 5.25. The van der Waals surface area contributed by atoms with E-state index >= 15 is 0 Å². The van der Waals surface area contributed by atoms with Gasteiger partial charge in [0, 0.05) is 12.4 Å². The highest BCUT2D eigenvalue weighted by Crippen LogP contribution is 2.37. The molecule has 0 atom stereocenters. The van der Waals surface area contributed by atoms with E-state index < -0.39 is 0 Å². The number of nitrogens with one attached hydrogen (secondary N) is 1. The number of rotatable bonds is 3. The van der Waals surface area contributed by atoms with E-state index in [0.29, 0.717) is 5.65 Å². The highest BCUT2D eigenvalue weighted by molar-refractivity contribution is 5.71. The zero-order chi connectivity index (χ0) is 11.0. The van der Waals surface area contributed by atoms with Crippen LogP contribution in [0.5, 0.6) is 0 Å². The minimum Gasteiger partial charge on any atom is -0.394 e. The molecule has 1 aliphatic rings. The van der Waals surface area contributed by atoms with Crippen LogP contribution in [-0.4, -0.2) is 32.2 Å². The molecule has 0 spiro atoms. The topological polar surface area (TPSA) is 70.9 Å². The van der Waals surface area contributed by atoms with Gasteiger partial charge in [-0.25, -0.2) is 9.97 Å². The molecule has 1 aliphatic carbocycles. The van der Waals surface area contributed by atoms with Gasteiger partial charge in [-0.15, -0.1) is 0 Å². The van der Waals surface area contributed by atoms with Crippen LogP contribution >= 0.6 is 0 Å². The Hall–Kier alpha value is -1.75.